The van der Waals surface area contributed by atoms with E-state index in [9.17, 15) is 23.5 Å². The van der Waals surface area contributed by atoms with Crippen LogP contribution in [0.2, 0.25) is 0 Å². The van der Waals surface area contributed by atoms with Crippen LogP contribution in [-0.2, 0) is 20.8 Å². The van der Waals surface area contributed by atoms with Gasteiger partial charge in [0.1, 0.15) is 5.41 Å². The minimum Gasteiger partial charge on any atom is -0.483 e. The van der Waals surface area contributed by atoms with Gasteiger partial charge in [-0.2, -0.15) is 0 Å². The van der Waals surface area contributed by atoms with E-state index < -0.39 is 23.0 Å². The van der Waals surface area contributed by atoms with Gasteiger partial charge < -0.3 is 20.0 Å². The third kappa shape index (κ3) is 3.67. The molecule has 3 rings (SSSR count). The predicted octanol–water partition coefficient (Wildman–Crippen LogP) is 0.683. The molecular formula is C17H20F2N2O5. The zero-order chi connectivity index (χ0) is 19.5. The van der Waals surface area contributed by atoms with Gasteiger partial charge in [0.05, 0.1) is 6.42 Å². The quantitative estimate of drug-likeness (QED) is 0.760. The summed E-state index contributed by atoms with van der Waals surface area (Å²) in [5.41, 5.74) is -0.959. The van der Waals surface area contributed by atoms with Crippen LogP contribution in [0.4, 0.5) is 8.78 Å². The molecule has 2 fully saturated rings. The van der Waals surface area contributed by atoms with Crippen molar-refractivity contribution in [3.05, 3.63) is 35.4 Å². The van der Waals surface area contributed by atoms with E-state index in [-0.39, 0.29) is 36.8 Å². The first kappa shape index (κ1) is 19.8. The second kappa shape index (κ2) is 7.77. The summed E-state index contributed by atoms with van der Waals surface area (Å²) in [6, 6.07) is 3.72. The molecule has 1 amide bonds. The summed E-state index contributed by atoms with van der Waals surface area (Å²) in [6.07, 6.45) is -0.262. The second-order valence-corrected chi connectivity index (χ2v) is 6.62. The number of nitrogens with zero attached hydrogens (tertiary/aromatic N) is 2. The molecule has 9 heteroatoms. The summed E-state index contributed by atoms with van der Waals surface area (Å²) in [5.74, 6) is -3.41. The molecule has 142 valence electrons. The molecule has 7 nitrogen and oxygen atoms in total. The minimum atomic E-state index is -1.02. The van der Waals surface area contributed by atoms with Crippen LogP contribution < -0.4 is 0 Å². The topological polar surface area (TPSA) is 98.2 Å². The van der Waals surface area contributed by atoms with Gasteiger partial charge in [0.25, 0.3) is 6.47 Å². The summed E-state index contributed by atoms with van der Waals surface area (Å²) in [4.78, 5) is 35.9. The number of benzene rings is 1. The molecule has 0 aromatic heterocycles. The molecule has 2 atom stereocenters. The number of likely N-dealkylation sites (tertiary alicyclic amines) is 2. The number of hydrogen-bond acceptors (Lipinski definition) is 4. The van der Waals surface area contributed by atoms with Crippen molar-refractivity contribution >= 4 is 18.3 Å². The Bertz CT molecular complexity index is 714. The second-order valence-electron chi connectivity index (χ2n) is 6.62. The molecule has 0 bridgehead atoms. The fraction of sp³-hybridized carbons (Fsp3) is 0.471. The third-order valence-electron chi connectivity index (χ3n) is 4.93. The van der Waals surface area contributed by atoms with Crippen LogP contribution >= 0.6 is 0 Å². The molecule has 0 spiro atoms. The first-order valence-electron chi connectivity index (χ1n) is 7.95. The number of hydrogen-bond donors (Lipinski definition) is 2. The van der Waals surface area contributed by atoms with Crippen molar-refractivity contribution in [3.8, 4) is 0 Å². The Kier molecular flexibility index (Phi) is 5.91. The number of carbonyl (C=O) groups is 3. The number of halogens is 2. The zero-order valence-corrected chi connectivity index (χ0v) is 14.2. The number of aliphatic carboxylic acids is 1. The number of carboxylic acid groups (broad SMARTS) is 2. The highest BCUT2D eigenvalue weighted by Gasteiger charge is 2.57. The lowest BCUT2D eigenvalue weighted by Crippen LogP contribution is -2.41. The van der Waals surface area contributed by atoms with Gasteiger partial charge in [0.2, 0.25) is 5.91 Å². The Balaban J connectivity index is 0.000000758. The molecule has 1 aromatic carbocycles. The van der Waals surface area contributed by atoms with Gasteiger partial charge in [-0.3, -0.25) is 14.4 Å². The average molecular weight is 370 g/mol. The van der Waals surface area contributed by atoms with Crippen molar-refractivity contribution in [2.45, 2.75) is 6.42 Å². The molecule has 26 heavy (non-hydrogen) atoms. The van der Waals surface area contributed by atoms with Crippen LogP contribution in [0.1, 0.15) is 5.56 Å². The van der Waals surface area contributed by atoms with Crippen LogP contribution in [0, 0.1) is 23.0 Å². The molecule has 2 heterocycles. The maximum atomic E-state index is 13.7. The van der Waals surface area contributed by atoms with E-state index in [1.165, 1.54) is 17.0 Å². The highest BCUT2D eigenvalue weighted by Crippen LogP contribution is 2.42. The number of amides is 1. The lowest BCUT2D eigenvalue weighted by Gasteiger charge is -2.24. The van der Waals surface area contributed by atoms with E-state index in [0.29, 0.717) is 19.6 Å². The van der Waals surface area contributed by atoms with Gasteiger partial charge in [-0.15, -0.1) is 0 Å². The SMILES string of the molecule is CN1C[C@H]2CN(C(=O)Cc3cccc(F)c3F)C[C@@]2(C(=O)O)C1.O=CO. The monoisotopic (exact) mass is 370 g/mol. The molecule has 2 N–H and O–H groups in total. The average Bonchev–Trinajstić information content (AvgIpc) is 3.06. The van der Waals surface area contributed by atoms with Gasteiger partial charge in [0, 0.05) is 37.7 Å². The standard InChI is InChI=1S/C16H18F2N2O3.CH2O2/c1-19-6-11-7-20(9-16(11,8-19)15(22)23)13(21)5-10-3-2-4-12(17)14(10)18;2-1-3/h2-4,11H,5-9H2,1H3,(H,22,23);1H,(H,2,3)/t11-,16-;/m0./s1. The molecule has 0 unspecified atom stereocenters. The Morgan fingerprint density at radius 1 is 1.31 bits per heavy atom. The van der Waals surface area contributed by atoms with Crippen molar-refractivity contribution < 1.29 is 33.4 Å². The highest BCUT2D eigenvalue weighted by molar-refractivity contribution is 5.83. The molecule has 2 aliphatic rings. The van der Waals surface area contributed by atoms with Crippen molar-refractivity contribution in [2.24, 2.45) is 11.3 Å². The zero-order valence-electron chi connectivity index (χ0n) is 14.2. The molecule has 2 aliphatic heterocycles. The fourth-order valence-electron chi connectivity index (χ4n) is 3.77. The number of fused-ring (bicyclic) bond motifs is 1. The smallest absolute Gasteiger partial charge is 0.313 e. The van der Waals surface area contributed by atoms with E-state index >= 15 is 0 Å². The van der Waals surface area contributed by atoms with Gasteiger partial charge in [-0.25, -0.2) is 8.78 Å². The maximum absolute atomic E-state index is 13.7. The molecular weight excluding hydrogens is 350 g/mol. The van der Waals surface area contributed by atoms with E-state index in [4.69, 9.17) is 9.90 Å². The van der Waals surface area contributed by atoms with Crippen LogP contribution in [-0.4, -0.2) is 71.6 Å². The fourth-order valence-corrected chi connectivity index (χ4v) is 3.77. The maximum Gasteiger partial charge on any atom is 0.313 e. The summed E-state index contributed by atoms with van der Waals surface area (Å²) < 4.78 is 26.9. The minimum absolute atomic E-state index is 0.00597. The summed E-state index contributed by atoms with van der Waals surface area (Å²) >= 11 is 0. The molecule has 1 aromatic rings. The van der Waals surface area contributed by atoms with Crippen molar-refractivity contribution in [3.63, 3.8) is 0 Å². The van der Waals surface area contributed by atoms with Crippen molar-refractivity contribution in [2.75, 3.05) is 33.2 Å². The Hall–Kier alpha value is -2.55. The van der Waals surface area contributed by atoms with Crippen LogP contribution in [0.5, 0.6) is 0 Å². The Labute approximate surface area is 148 Å². The van der Waals surface area contributed by atoms with Crippen molar-refractivity contribution in [1.82, 2.24) is 9.80 Å². The number of carbonyl (C=O) groups excluding carboxylic acids is 1. The van der Waals surface area contributed by atoms with E-state index in [0.717, 1.165) is 6.07 Å². The Morgan fingerprint density at radius 3 is 2.54 bits per heavy atom. The molecule has 2 saturated heterocycles. The summed E-state index contributed by atoms with van der Waals surface area (Å²) in [7, 11) is 1.86. The van der Waals surface area contributed by atoms with Gasteiger partial charge >= 0.3 is 5.97 Å². The molecule has 0 aliphatic carbocycles. The van der Waals surface area contributed by atoms with E-state index in [2.05, 4.69) is 0 Å². The van der Waals surface area contributed by atoms with Crippen LogP contribution in [0.3, 0.4) is 0 Å². The van der Waals surface area contributed by atoms with Gasteiger partial charge in [0.15, 0.2) is 11.6 Å². The lowest BCUT2D eigenvalue weighted by atomic mass is 9.81. The van der Waals surface area contributed by atoms with Gasteiger partial charge in [-0.1, -0.05) is 12.1 Å². The normalized spacial score (nSPS) is 24.6. The van der Waals surface area contributed by atoms with E-state index in [1.54, 1.807) is 0 Å². The first-order valence-corrected chi connectivity index (χ1v) is 7.95. The Morgan fingerprint density at radius 2 is 1.96 bits per heavy atom. The molecule has 0 radical (unpaired) electrons. The largest absolute Gasteiger partial charge is 0.483 e. The highest BCUT2D eigenvalue weighted by atomic mass is 19.2. The number of rotatable bonds is 3. The summed E-state index contributed by atoms with van der Waals surface area (Å²) in [5, 5.41) is 16.5. The number of carboxylic acids is 1. The van der Waals surface area contributed by atoms with Crippen LogP contribution in [0.25, 0.3) is 0 Å². The first-order chi connectivity index (χ1) is 12.2. The lowest BCUT2D eigenvalue weighted by molar-refractivity contribution is -0.149. The summed E-state index contributed by atoms with van der Waals surface area (Å²) in [6.45, 7) is 1.22. The van der Waals surface area contributed by atoms with Gasteiger partial charge in [-0.05, 0) is 13.1 Å². The van der Waals surface area contributed by atoms with E-state index in [1.807, 2.05) is 11.9 Å². The third-order valence-corrected chi connectivity index (χ3v) is 4.93. The van der Waals surface area contributed by atoms with Crippen LogP contribution in [0.15, 0.2) is 18.2 Å². The predicted molar refractivity (Wildman–Crippen MR) is 86.4 cm³/mol. The molecule has 0 saturated carbocycles. The van der Waals surface area contributed by atoms with Crippen molar-refractivity contribution in [1.29, 1.82) is 0 Å².